The Bertz CT molecular complexity index is 256. The lowest BCUT2D eigenvalue weighted by atomic mass is 10.4. The molecule has 1 aromatic rings. The predicted molar refractivity (Wildman–Crippen MR) is 42.1 cm³/mol. The zero-order chi connectivity index (χ0) is 9.19. The smallest absolute Gasteiger partial charge is 0.323 e. The van der Waals surface area contributed by atoms with Crippen LogP contribution in [0, 0.1) is 0 Å². The van der Waals surface area contributed by atoms with E-state index < -0.39 is 11.8 Å². The molecule has 0 saturated carbocycles. The first kappa shape index (κ1) is 9.25. The molecule has 3 nitrogen and oxygen atoms in total. The summed E-state index contributed by atoms with van der Waals surface area (Å²) in [7, 11) is 0. The third-order valence-corrected chi connectivity index (χ3v) is 1.47. The number of aromatic nitrogens is 2. The van der Waals surface area contributed by atoms with Gasteiger partial charge >= 0.3 is 5.38 Å². The number of hydrogen-bond acceptors (Lipinski definition) is 2. The van der Waals surface area contributed by atoms with Crippen LogP contribution < -0.4 is 5.73 Å². The molecule has 12 heavy (non-hydrogen) atoms. The fourth-order valence-electron chi connectivity index (χ4n) is 0.743. The molecule has 0 aliphatic carbocycles. The molecule has 0 fully saturated rings. The average Bonchev–Trinajstić information content (AvgIpc) is 2.30. The average molecular weight is 196 g/mol. The van der Waals surface area contributed by atoms with Gasteiger partial charge in [-0.25, -0.2) is 0 Å². The first-order chi connectivity index (χ1) is 5.47. The minimum absolute atomic E-state index is 0.0632. The zero-order valence-corrected chi connectivity index (χ0v) is 6.93. The molecule has 0 amide bonds. The van der Waals surface area contributed by atoms with Crippen molar-refractivity contribution < 1.29 is 8.78 Å². The number of alkyl halides is 3. The molecule has 2 N–H and O–H groups in total. The summed E-state index contributed by atoms with van der Waals surface area (Å²) in [5.74, 6) is 0.313. The summed E-state index contributed by atoms with van der Waals surface area (Å²) in [6.45, 7) is 0.0632. The standard InChI is InChI=1S/C6H8ClF2N3/c7-6(8,9)2-4-12-3-1-5(10)11-12/h1,3H,2,4H2,(H2,10,11). The van der Waals surface area contributed by atoms with Gasteiger partial charge in [-0.2, -0.15) is 13.9 Å². The van der Waals surface area contributed by atoms with Crippen LogP contribution >= 0.6 is 11.6 Å². The Morgan fingerprint density at radius 3 is 2.75 bits per heavy atom. The van der Waals surface area contributed by atoms with Crippen molar-refractivity contribution in [3.63, 3.8) is 0 Å². The summed E-state index contributed by atoms with van der Waals surface area (Å²) in [4.78, 5) is 0. The van der Waals surface area contributed by atoms with Gasteiger partial charge in [-0.3, -0.25) is 4.68 Å². The summed E-state index contributed by atoms with van der Waals surface area (Å²) < 4.78 is 25.5. The molecular formula is C6H8ClF2N3. The number of rotatable bonds is 3. The second kappa shape index (κ2) is 3.26. The van der Waals surface area contributed by atoms with E-state index in [1.165, 1.54) is 16.9 Å². The second-order valence-electron chi connectivity index (χ2n) is 2.37. The molecule has 1 aromatic heterocycles. The van der Waals surface area contributed by atoms with Crippen molar-refractivity contribution in [3.05, 3.63) is 12.3 Å². The van der Waals surface area contributed by atoms with E-state index in [2.05, 4.69) is 16.7 Å². The van der Waals surface area contributed by atoms with Crippen LogP contribution in [0.15, 0.2) is 12.3 Å². The van der Waals surface area contributed by atoms with Gasteiger partial charge in [-0.15, -0.1) is 0 Å². The first-order valence-corrected chi connectivity index (χ1v) is 3.71. The van der Waals surface area contributed by atoms with Crippen molar-refractivity contribution in [1.29, 1.82) is 0 Å². The Morgan fingerprint density at radius 2 is 2.33 bits per heavy atom. The summed E-state index contributed by atoms with van der Waals surface area (Å²) in [6.07, 6.45) is 1.08. The second-order valence-corrected chi connectivity index (χ2v) is 2.92. The maximum absolute atomic E-state index is 12.1. The molecule has 0 radical (unpaired) electrons. The van der Waals surface area contributed by atoms with Crippen LogP contribution in [0.2, 0.25) is 0 Å². The van der Waals surface area contributed by atoms with Crippen molar-refractivity contribution >= 4 is 17.4 Å². The number of hydrogen-bond donors (Lipinski definition) is 1. The molecule has 0 saturated heterocycles. The van der Waals surface area contributed by atoms with Crippen LogP contribution in [0.5, 0.6) is 0 Å². The van der Waals surface area contributed by atoms with Gasteiger partial charge in [0.1, 0.15) is 5.82 Å². The molecular weight excluding hydrogens is 188 g/mol. The minimum Gasteiger partial charge on any atom is -0.382 e. The zero-order valence-electron chi connectivity index (χ0n) is 6.17. The van der Waals surface area contributed by atoms with Gasteiger partial charge in [0.15, 0.2) is 0 Å². The highest BCUT2D eigenvalue weighted by molar-refractivity contribution is 6.21. The number of nitrogens with zero attached hydrogens (tertiary/aromatic N) is 2. The van der Waals surface area contributed by atoms with E-state index in [-0.39, 0.29) is 6.54 Å². The molecule has 0 unspecified atom stereocenters. The minimum atomic E-state index is -3.17. The molecule has 0 spiro atoms. The first-order valence-electron chi connectivity index (χ1n) is 3.33. The van der Waals surface area contributed by atoms with Gasteiger partial charge in [0, 0.05) is 19.2 Å². The van der Waals surface area contributed by atoms with Crippen molar-refractivity contribution in [2.75, 3.05) is 5.73 Å². The fraction of sp³-hybridized carbons (Fsp3) is 0.500. The fourth-order valence-corrected chi connectivity index (χ4v) is 0.828. The van der Waals surface area contributed by atoms with Crippen LogP contribution in [0.25, 0.3) is 0 Å². The molecule has 68 valence electrons. The third kappa shape index (κ3) is 3.04. The maximum atomic E-state index is 12.1. The Balaban J connectivity index is 2.44. The highest BCUT2D eigenvalue weighted by Gasteiger charge is 2.23. The van der Waals surface area contributed by atoms with Gasteiger partial charge in [0.05, 0.1) is 0 Å². The largest absolute Gasteiger partial charge is 0.382 e. The third-order valence-electron chi connectivity index (χ3n) is 1.29. The van der Waals surface area contributed by atoms with Gasteiger partial charge in [-0.1, -0.05) is 0 Å². The van der Waals surface area contributed by atoms with E-state index in [0.717, 1.165) is 0 Å². The SMILES string of the molecule is Nc1ccn(CCC(F)(F)Cl)n1. The topological polar surface area (TPSA) is 43.8 Å². The summed E-state index contributed by atoms with van der Waals surface area (Å²) >= 11 is 4.68. The lowest BCUT2D eigenvalue weighted by molar-refractivity contribution is 0.0796. The van der Waals surface area contributed by atoms with Gasteiger partial charge in [-0.05, 0) is 17.7 Å². The number of aryl methyl sites for hydroxylation is 1. The van der Waals surface area contributed by atoms with E-state index in [1.807, 2.05) is 0 Å². The summed E-state index contributed by atoms with van der Waals surface area (Å²) in [6, 6.07) is 1.53. The van der Waals surface area contributed by atoms with Crippen molar-refractivity contribution in [2.24, 2.45) is 0 Å². The number of nitrogens with two attached hydrogens (primary N) is 1. The Labute approximate surface area is 73.1 Å². The normalized spacial score (nSPS) is 11.9. The molecule has 0 atom stereocenters. The highest BCUT2D eigenvalue weighted by atomic mass is 35.5. The Kier molecular flexibility index (Phi) is 2.52. The van der Waals surface area contributed by atoms with Crippen molar-refractivity contribution in [1.82, 2.24) is 9.78 Å². The molecule has 6 heteroatoms. The number of anilines is 1. The summed E-state index contributed by atoms with van der Waals surface area (Å²) in [5, 5.41) is 0.550. The Morgan fingerprint density at radius 1 is 1.67 bits per heavy atom. The van der Waals surface area contributed by atoms with Gasteiger partial charge < -0.3 is 5.73 Å². The quantitative estimate of drug-likeness (QED) is 0.746. The van der Waals surface area contributed by atoms with E-state index in [9.17, 15) is 8.78 Å². The van der Waals surface area contributed by atoms with Crippen molar-refractivity contribution in [2.45, 2.75) is 18.3 Å². The lowest BCUT2D eigenvalue weighted by Crippen LogP contribution is -2.11. The van der Waals surface area contributed by atoms with Crippen molar-refractivity contribution in [3.8, 4) is 0 Å². The van der Waals surface area contributed by atoms with E-state index >= 15 is 0 Å². The van der Waals surface area contributed by atoms with Gasteiger partial charge in [0.2, 0.25) is 0 Å². The van der Waals surface area contributed by atoms with Crippen LogP contribution in [-0.4, -0.2) is 15.2 Å². The predicted octanol–water partition coefficient (Wildman–Crippen LogP) is 1.69. The van der Waals surface area contributed by atoms with E-state index in [4.69, 9.17) is 5.73 Å². The van der Waals surface area contributed by atoms with Crippen LogP contribution in [-0.2, 0) is 6.54 Å². The van der Waals surface area contributed by atoms with Crippen LogP contribution in [0.1, 0.15) is 6.42 Å². The maximum Gasteiger partial charge on any atom is 0.323 e. The lowest BCUT2D eigenvalue weighted by Gasteiger charge is -2.06. The highest BCUT2D eigenvalue weighted by Crippen LogP contribution is 2.23. The van der Waals surface area contributed by atoms with Crippen LogP contribution in [0.4, 0.5) is 14.6 Å². The number of halogens is 3. The molecule has 0 aliphatic rings. The molecule has 1 heterocycles. The van der Waals surface area contributed by atoms with Crippen LogP contribution in [0.3, 0.4) is 0 Å². The van der Waals surface area contributed by atoms with E-state index in [0.29, 0.717) is 5.82 Å². The molecule has 0 aromatic carbocycles. The molecule has 0 bridgehead atoms. The van der Waals surface area contributed by atoms with Gasteiger partial charge in [0.25, 0.3) is 0 Å². The monoisotopic (exact) mass is 195 g/mol. The molecule has 0 aliphatic heterocycles. The number of nitrogen functional groups attached to an aromatic ring is 1. The molecule has 1 rings (SSSR count). The summed E-state index contributed by atoms with van der Waals surface area (Å²) in [5.41, 5.74) is 5.27. The Hall–Kier alpha value is -0.840. The van der Waals surface area contributed by atoms with E-state index in [1.54, 1.807) is 0 Å².